The summed E-state index contributed by atoms with van der Waals surface area (Å²) in [7, 11) is 0. The number of ether oxygens (including phenoxy) is 2. The summed E-state index contributed by atoms with van der Waals surface area (Å²) in [5.74, 6) is 1.31. The van der Waals surface area contributed by atoms with Crippen LogP contribution in [0.1, 0.15) is 23.8 Å². The van der Waals surface area contributed by atoms with Gasteiger partial charge >= 0.3 is 10.7 Å². The normalized spacial score (nSPS) is 14.4. The van der Waals surface area contributed by atoms with Crippen molar-refractivity contribution in [1.29, 1.82) is 0 Å². The number of allylic oxidation sites excluding steroid dienone is 1. The van der Waals surface area contributed by atoms with E-state index in [0.717, 1.165) is 35.1 Å². The topological polar surface area (TPSA) is 83.7 Å². The largest absolute Gasteiger partial charge is 0.486 e. The zero-order valence-electron chi connectivity index (χ0n) is 17.8. The van der Waals surface area contributed by atoms with Crippen molar-refractivity contribution < 1.29 is 19.3 Å². The second-order valence-corrected chi connectivity index (χ2v) is 10.1. The van der Waals surface area contributed by atoms with E-state index in [1.54, 1.807) is 34.1 Å². The maximum absolute atomic E-state index is 13.3. The first kappa shape index (κ1) is 21.1. The zero-order chi connectivity index (χ0) is 22.2. The van der Waals surface area contributed by atoms with Crippen LogP contribution >= 0.6 is 23.1 Å². The number of carbonyl (C=O) groups excluding carboxylic acids is 1. The van der Waals surface area contributed by atoms with E-state index in [9.17, 15) is 9.59 Å². The number of carbonyl (C=O) groups is 1. The lowest BCUT2D eigenvalue weighted by Gasteiger charge is -2.18. The van der Waals surface area contributed by atoms with Gasteiger partial charge in [-0.1, -0.05) is 17.9 Å². The van der Waals surface area contributed by atoms with Crippen molar-refractivity contribution in [2.24, 2.45) is 0 Å². The number of nitrogens with zero attached hydrogens (tertiary/aromatic N) is 1. The highest BCUT2D eigenvalue weighted by atomic mass is 32.2. The van der Waals surface area contributed by atoms with Gasteiger partial charge in [0, 0.05) is 16.6 Å². The Hall–Kier alpha value is -2.78. The minimum absolute atomic E-state index is 0.00380. The fourth-order valence-electron chi connectivity index (χ4n) is 4.09. The Morgan fingerprint density at radius 1 is 1.28 bits per heavy atom. The molecular weight excluding hydrogens is 446 g/mol. The number of nitrogens with one attached hydrogen (secondary N) is 2. The molecular formula is C23H24N3O4S2+. The molecule has 1 aliphatic heterocycles. The van der Waals surface area contributed by atoms with E-state index in [1.165, 1.54) is 22.2 Å². The molecule has 0 saturated carbocycles. The molecule has 0 unspecified atom stereocenters. The van der Waals surface area contributed by atoms with Crippen LogP contribution in [-0.4, -0.2) is 29.4 Å². The fraction of sp³-hybridized carbons (Fsp3) is 0.348. The SMILES string of the molecule is C=C(C)Cn1c(SCC(=O)Nc2ccc3c(c2)OCCO3)[nH+]c2sc3c(c2c1=O)CCC3. The lowest BCUT2D eigenvalue weighted by Crippen LogP contribution is -2.30. The van der Waals surface area contributed by atoms with Crippen LogP contribution in [0.4, 0.5) is 5.69 Å². The molecule has 32 heavy (non-hydrogen) atoms. The predicted molar refractivity (Wildman–Crippen MR) is 126 cm³/mol. The monoisotopic (exact) mass is 470 g/mol. The molecule has 2 aliphatic rings. The van der Waals surface area contributed by atoms with Gasteiger partial charge in [-0.3, -0.25) is 4.79 Å². The lowest BCUT2D eigenvalue weighted by atomic mass is 10.2. The number of hydrogen-bond donors (Lipinski definition) is 1. The molecule has 0 radical (unpaired) electrons. The molecule has 1 amide bonds. The first-order valence-corrected chi connectivity index (χ1v) is 12.4. The smallest absolute Gasteiger partial charge is 0.347 e. The number of H-pyrrole nitrogens is 1. The van der Waals surface area contributed by atoms with Crippen molar-refractivity contribution in [1.82, 2.24) is 4.57 Å². The third-order valence-electron chi connectivity index (χ3n) is 5.44. The van der Waals surface area contributed by atoms with E-state index in [-0.39, 0.29) is 17.2 Å². The molecule has 1 aliphatic carbocycles. The number of thioether (sulfide) groups is 1. The van der Waals surface area contributed by atoms with Crippen LogP contribution in [0.5, 0.6) is 11.5 Å². The summed E-state index contributed by atoms with van der Waals surface area (Å²) in [6.07, 6.45) is 3.09. The minimum atomic E-state index is -0.164. The van der Waals surface area contributed by atoms with Gasteiger partial charge in [0.25, 0.3) is 0 Å². The highest BCUT2D eigenvalue weighted by molar-refractivity contribution is 7.99. The highest BCUT2D eigenvalue weighted by Gasteiger charge is 2.27. The summed E-state index contributed by atoms with van der Waals surface area (Å²) in [5.41, 5.74) is 2.72. The third-order valence-corrected chi connectivity index (χ3v) is 7.65. The van der Waals surface area contributed by atoms with Gasteiger partial charge in [0.2, 0.25) is 5.91 Å². The number of anilines is 1. The van der Waals surface area contributed by atoms with Gasteiger partial charge in [0.1, 0.15) is 25.1 Å². The zero-order valence-corrected chi connectivity index (χ0v) is 19.4. The second-order valence-electron chi connectivity index (χ2n) is 8.04. The van der Waals surface area contributed by atoms with Crippen molar-refractivity contribution in [3.63, 3.8) is 0 Å². The van der Waals surface area contributed by atoms with E-state index in [4.69, 9.17) is 9.47 Å². The quantitative estimate of drug-likeness (QED) is 0.339. The molecule has 0 bridgehead atoms. The number of hydrogen-bond acceptors (Lipinski definition) is 6. The molecule has 0 saturated heterocycles. The van der Waals surface area contributed by atoms with Crippen LogP contribution in [0.3, 0.4) is 0 Å². The van der Waals surface area contributed by atoms with Crippen molar-refractivity contribution in [2.75, 3.05) is 24.3 Å². The average Bonchev–Trinajstić information content (AvgIpc) is 3.35. The maximum atomic E-state index is 13.3. The molecule has 7 nitrogen and oxygen atoms in total. The van der Waals surface area contributed by atoms with Gasteiger partial charge in [-0.2, -0.15) is 4.57 Å². The van der Waals surface area contributed by atoms with E-state index >= 15 is 0 Å². The van der Waals surface area contributed by atoms with E-state index in [2.05, 4.69) is 16.9 Å². The Kier molecular flexibility index (Phi) is 5.69. The molecule has 2 N–H and O–H groups in total. The molecule has 0 atom stereocenters. The van der Waals surface area contributed by atoms with Crippen molar-refractivity contribution in [3.8, 4) is 11.5 Å². The minimum Gasteiger partial charge on any atom is -0.486 e. The first-order chi connectivity index (χ1) is 15.5. The molecule has 166 valence electrons. The summed E-state index contributed by atoms with van der Waals surface area (Å²) in [5, 5.41) is 4.36. The van der Waals surface area contributed by atoms with E-state index < -0.39 is 0 Å². The van der Waals surface area contributed by atoms with Gasteiger partial charge in [-0.05, 0) is 61.2 Å². The molecule has 1 aromatic carbocycles. The Labute approximate surface area is 193 Å². The van der Waals surface area contributed by atoms with Gasteiger partial charge in [-0.25, -0.2) is 9.78 Å². The number of thiophene rings is 1. The van der Waals surface area contributed by atoms with Crippen LogP contribution in [0.2, 0.25) is 0 Å². The van der Waals surface area contributed by atoms with Crippen LogP contribution in [0, 0.1) is 0 Å². The molecule has 9 heteroatoms. The summed E-state index contributed by atoms with van der Waals surface area (Å²) < 4.78 is 12.8. The number of benzene rings is 1. The van der Waals surface area contributed by atoms with Crippen LogP contribution in [-0.2, 0) is 24.2 Å². The van der Waals surface area contributed by atoms with E-state index in [0.29, 0.717) is 42.1 Å². The number of aromatic nitrogens is 2. The molecule has 2 aromatic heterocycles. The molecule has 0 fully saturated rings. The van der Waals surface area contributed by atoms with Gasteiger partial charge in [0.15, 0.2) is 16.3 Å². The van der Waals surface area contributed by atoms with Crippen molar-refractivity contribution in [2.45, 2.75) is 37.9 Å². The fourth-order valence-corrected chi connectivity index (χ4v) is 6.25. The number of fused-ring (bicyclic) bond motifs is 4. The third kappa shape index (κ3) is 4.02. The number of amides is 1. The molecule has 0 spiro atoms. The second kappa shape index (κ2) is 8.63. The maximum Gasteiger partial charge on any atom is 0.347 e. The first-order valence-electron chi connectivity index (χ1n) is 10.6. The average molecular weight is 471 g/mol. The number of aromatic amines is 1. The van der Waals surface area contributed by atoms with Gasteiger partial charge in [0.05, 0.1) is 5.75 Å². The lowest BCUT2D eigenvalue weighted by molar-refractivity contribution is -0.404. The van der Waals surface area contributed by atoms with E-state index in [1.807, 2.05) is 6.92 Å². The molecule has 3 aromatic rings. The summed E-state index contributed by atoms with van der Waals surface area (Å²) in [4.78, 5) is 31.6. The Balaban J connectivity index is 1.37. The summed E-state index contributed by atoms with van der Waals surface area (Å²) >= 11 is 2.98. The van der Waals surface area contributed by atoms with Crippen LogP contribution < -0.4 is 25.3 Å². The Morgan fingerprint density at radius 2 is 2.09 bits per heavy atom. The predicted octanol–water partition coefficient (Wildman–Crippen LogP) is 3.44. The van der Waals surface area contributed by atoms with Crippen molar-refractivity contribution in [3.05, 3.63) is 51.1 Å². The Morgan fingerprint density at radius 3 is 2.91 bits per heavy atom. The van der Waals surface area contributed by atoms with Gasteiger partial charge < -0.3 is 14.8 Å². The highest BCUT2D eigenvalue weighted by Crippen LogP contribution is 2.35. The summed E-state index contributed by atoms with van der Waals surface area (Å²) in [6, 6.07) is 5.34. The molecule has 3 heterocycles. The molecule has 5 rings (SSSR count). The standard InChI is InChI=1S/C23H23N3O4S2/c1-13(2)11-26-22(28)20-15-4-3-5-18(15)32-21(20)25-23(26)31-12-19(27)24-14-6-7-16-17(10-14)30-9-8-29-16/h6-7,10H,1,3-5,8-9,11-12H2,2H3,(H,24,27)/p+1. The summed E-state index contributed by atoms with van der Waals surface area (Å²) in [6.45, 7) is 7.31. The Bertz CT molecular complexity index is 1290. The van der Waals surface area contributed by atoms with Gasteiger partial charge in [-0.15, -0.1) is 0 Å². The number of rotatable bonds is 6. The van der Waals surface area contributed by atoms with Crippen molar-refractivity contribution >= 4 is 44.9 Å². The number of aryl methyl sites for hydroxylation is 2. The van der Waals surface area contributed by atoms with Crippen LogP contribution in [0.25, 0.3) is 10.2 Å². The van der Waals surface area contributed by atoms with Crippen LogP contribution in [0.15, 0.2) is 40.3 Å².